The summed E-state index contributed by atoms with van der Waals surface area (Å²) in [5.41, 5.74) is 5.01. The largest absolute Gasteiger partial charge is 0.493 e. The normalized spacial score (nSPS) is 14.6. The number of hydrogen-bond acceptors (Lipinski definition) is 5. The number of aromatic nitrogens is 1. The van der Waals surface area contributed by atoms with E-state index in [0.717, 1.165) is 70.1 Å². The van der Waals surface area contributed by atoms with Crippen molar-refractivity contribution in [3.05, 3.63) is 51.8 Å². The summed E-state index contributed by atoms with van der Waals surface area (Å²) in [5.74, 6) is 2.58. The van der Waals surface area contributed by atoms with Gasteiger partial charge >= 0.3 is 0 Å². The molecule has 2 aromatic carbocycles. The van der Waals surface area contributed by atoms with Crippen molar-refractivity contribution in [1.29, 1.82) is 0 Å². The Morgan fingerprint density at radius 1 is 0.970 bits per heavy atom. The number of pyridine rings is 1. The van der Waals surface area contributed by atoms with E-state index in [0.29, 0.717) is 22.6 Å². The van der Waals surface area contributed by atoms with Crippen molar-refractivity contribution in [3.63, 3.8) is 0 Å². The van der Waals surface area contributed by atoms with Crippen molar-refractivity contribution in [2.75, 3.05) is 26.3 Å². The van der Waals surface area contributed by atoms with E-state index >= 15 is 0 Å². The lowest BCUT2D eigenvalue weighted by Gasteiger charge is -2.15. The molecule has 1 aliphatic carbocycles. The second-order valence-electron chi connectivity index (χ2n) is 8.25. The lowest BCUT2D eigenvalue weighted by molar-refractivity contribution is 0.174. The maximum absolute atomic E-state index is 13.4. The van der Waals surface area contributed by atoms with Gasteiger partial charge in [0.25, 0.3) is 5.56 Å². The van der Waals surface area contributed by atoms with E-state index in [9.17, 15) is 4.79 Å². The first-order valence-electron chi connectivity index (χ1n) is 11.1. The Kier molecular flexibility index (Phi) is 5.83. The molecule has 1 aromatic heterocycles. The molecule has 0 spiro atoms. The SMILES string of the molecule is COc1cc2c3c(n(C)c(=O)c2cc1OC)-c1cc2c(cc1/C3=C\CCCCCBr)OCO2. The summed E-state index contributed by atoms with van der Waals surface area (Å²) in [6, 6.07) is 7.73. The van der Waals surface area contributed by atoms with E-state index in [-0.39, 0.29) is 12.4 Å². The zero-order valence-electron chi connectivity index (χ0n) is 19.0. The molecular formula is C26H26BrNO5. The van der Waals surface area contributed by atoms with Gasteiger partial charge in [-0.2, -0.15) is 0 Å². The summed E-state index contributed by atoms with van der Waals surface area (Å²) in [7, 11) is 5.02. The number of hydrogen-bond donors (Lipinski definition) is 0. The highest BCUT2D eigenvalue weighted by atomic mass is 79.9. The van der Waals surface area contributed by atoms with Crippen molar-refractivity contribution in [2.24, 2.45) is 7.05 Å². The van der Waals surface area contributed by atoms with Crippen LogP contribution in [-0.2, 0) is 7.05 Å². The molecule has 0 saturated heterocycles. The average molecular weight is 512 g/mol. The van der Waals surface area contributed by atoms with Crippen LogP contribution in [0.4, 0.5) is 0 Å². The van der Waals surface area contributed by atoms with Gasteiger partial charge in [-0.3, -0.25) is 4.79 Å². The number of benzene rings is 2. The van der Waals surface area contributed by atoms with Crippen LogP contribution in [0.25, 0.3) is 27.6 Å². The van der Waals surface area contributed by atoms with E-state index in [1.54, 1.807) is 24.9 Å². The van der Waals surface area contributed by atoms with Gasteiger partial charge in [0.05, 0.1) is 25.3 Å². The van der Waals surface area contributed by atoms with Crippen molar-refractivity contribution in [2.45, 2.75) is 25.7 Å². The van der Waals surface area contributed by atoms with Gasteiger partial charge in [-0.1, -0.05) is 28.4 Å². The molecule has 0 saturated carbocycles. The van der Waals surface area contributed by atoms with Crippen LogP contribution in [0.3, 0.4) is 0 Å². The van der Waals surface area contributed by atoms with Crippen molar-refractivity contribution >= 4 is 32.3 Å². The summed E-state index contributed by atoms with van der Waals surface area (Å²) in [6.45, 7) is 0.213. The van der Waals surface area contributed by atoms with E-state index in [1.165, 1.54) is 0 Å². The number of halogens is 1. The summed E-state index contributed by atoms with van der Waals surface area (Å²) < 4.78 is 24.1. The fraction of sp³-hybridized carbons (Fsp3) is 0.346. The predicted octanol–water partition coefficient (Wildman–Crippen LogP) is 5.65. The van der Waals surface area contributed by atoms with Crippen LogP contribution in [-0.4, -0.2) is 30.9 Å². The van der Waals surface area contributed by atoms with Crippen LogP contribution in [0.5, 0.6) is 23.0 Å². The molecule has 0 unspecified atom stereocenters. The summed E-state index contributed by atoms with van der Waals surface area (Å²) in [4.78, 5) is 13.4. The number of methoxy groups -OCH3 is 2. The first kappa shape index (κ1) is 21.9. The molecule has 0 amide bonds. The van der Waals surface area contributed by atoms with Crippen molar-refractivity contribution in [3.8, 4) is 34.3 Å². The molecule has 2 heterocycles. The number of allylic oxidation sites excluding steroid dienone is 1. The third-order valence-corrected chi connectivity index (χ3v) is 6.97. The van der Waals surface area contributed by atoms with Gasteiger partial charge in [0.1, 0.15) is 0 Å². The Bertz CT molecular complexity index is 1340. The fourth-order valence-electron chi connectivity index (χ4n) is 4.80. The first-order chi connectivity index (χ1) is 16.1. The molecule has 0 bridgehead atoms. The topological polar surface area (TPSA) is 58.9 Å². The van der Waals surface area contributed by atoms with Gasteiger partial charge in [-0.25, -0.2) is 0 Å². The third-order valence-electron chi connectivity index (χ3n) is 6.41. The van der Waals surface area contributed by atoms with Crippen LogP contribution >= 0.6 is 15.9 Å². The zero-order chi connectivity index (χ0) is 23.1. The Labute approximate surface area is 200 Å². The maximum Gasteiger partial charge on any atom is 0.258 e. The molecule has 7 heteroatoms. The van der Waals surface area contributed by atoms with Gasteiger partial charge < -0.3 is 23.5 Å². The zero-order valence-corrected chi connectivity index (χ0v) is 20.6. The lowest BCUT2D eigenvalue weighted by atomic mass is 9.97. The maximum atomic E-state index is 13.4. The molecule has 0 fully saturated rings. The van der Waals surface area contributed by atoms with Crippen LogP contribution < -0.4 is 24.5 Å². The molecule has 6 nitrogen and oxygen atoms in total. The van der Waals surface area contributed by atoms with E-state index in [2.05, 4.69) is 22.0 Å². The molecule has 0 radical (unpaired) electrons. The van der Waals surface area contributed by atoms with Gasteiger partial charge in [-0.15, -0.1) is 0 Å². The summed E-state index contributed by atoms with van der Waals surface area (Å²) >= 11 is 3.51. The van der Waals surface area contributed by atoms with Crippen molar-refractivity contribution in [1.82, 2.24) is 4.57 Å². The molecule has 5 rings (SSSR count). The Balaban J connectivity index is 1.79. The molecule has 3 aromatic rings. The monoisotopic (exact) mass is 511 g/mol. The van der Waals surface area contributed by atoms with E-state index in [1.807, 2.05) is 25.2 Å². The first-order valence-corrected chi connectivity index (χ1v) is 12.2. The number of ether oxygens (including phenoxy) is 4. The molecule has 172 valence electrons. The number of alkyl halides is 1. The quantitative estimate of drug-likeness (QED) is 0.237. The van der Waals surface area contributed by atoms with Crippen LogP contribution in [0.2, 0.25) is 0 Å². The summed E-state index contributed by atoms with van der Waals surface area (Å²) in [6.07, 6.45) is 6.67. The fourth-order valence-corrected chi connectivity index (χ4v) is 5.19. The third kappa shape index (κ3) is 3.50. The van der Waals surface area contributed by atoms with Crippen LogP contribution in [0, 0.1) is 0 Å². The second kappa shape index (κ2) is 8.78. The molecule has 2 aliphatic rings. The Morgan fingerprint density at radius 3 is 2.30 bits per heavy atom. The van der Waals surface area contributed by atoms with Gasteiger partial charge in [0.2, 0.25) is 6.79 Å². The van der Waals surface area contributed by atoms with Crippen LogP contribution in [0.1, 0.15) is 36.8 Å². The Morgan fingerprint density at radius 2 is 1.64 bits per heavy atom. The van der Waals surface area contributed by atoms with Crippen molar-refractivity contribution < 1.29 is 18.9 Å². The van der Waals surface area contributed by atoms with Gasteiger partial charge in [0.15, 0.2) is 23.0 Å². The highest BCUT2D eigenvalue weighted by Crippen LogP contribution is 2.51. The second-order valence-corrected chi connectivity index (χ2v) is 9.04. The highest BCUT2D eigenvalue weighted by molar-refractivity contribution is 9.09. The van der Waals surface area contributed by atoms with Gasteiger partial charge in [-0.05, 0) is 54.7 Å². The molecule has 1 aliphatic heterocycles. The Hall–Kier alpha value is -2.93. The smallest absolute Gasteiger partial charge is 0.258 e. The lowest BCUT2D eigenvalue weighted by Crippen LogP contribution is -2.19. The molecule has 0 atom stereocenters. The minimum Gasteiger partial charge on any atom is -0.493 e. The molecular weight excluding hydrogens is 486 g/mol. The summed E-state index contributed by atoms with van der Waals surface area (Å²) in [5, 5.41) is 2.48. The van der Waals surface area contributed by atoms with Crippen LogP contribution in [0.15, 0.2) is 35.1 Å². The minimum absolute atomic E-state index is 0.0770. The standard InChI is InChI=1S/C26H26BrNO5/c1-28-25-18-12-23-22(32-14-33-23)10-16(18)15(8-6-4-5-7-9-27)24(25)17-11-20(30-2)21(31-3)13-19(17)26(28)29/h8,10-13H,4-7,9,14H2,1-3H3/b15-8+. The number of nitrogens with zero attached hydrogens (tertiary/aromatic N) is 1. The minimum atomic E-state index is -0.0770. The highest BCUT2D eigenvalue weighted by Gasteiger charge is 2.32. The van der Waals surface area contributed by atoms with E-state index < -0.39 is 0 Å². The van der Waals surface area contributed by atoms with E-state index in [4.69, 9.17) is 18.9 Å². The average Bonchev–Trinajstić information content (AvgIpc) is 3.42. The predicted molar refractivity (Wildman–Crippen MR) is 133 cm³/mol. The molecule has 33 heavy (non-hydrogen) atoms. The number of fused-ring (bicyclic) bond motifs is 6. The number of unbranched alkanes of at least 4 members (excludes halogenated alkanes) is 3. The van der Waals surface area contributed by atoms with Gasteiger partial charge in [0, 0.05) is 28.9 Å². The number of rotatable bonds is 7. The molecule has 0 N–H and O–H groups in total.